The Hall–Kier alpha value is -1.36. The largest absolute Gasteiger partial charge is 0.369 e. The van der Waals surface area contributed by atoms with Crippen LogP contribution in [-0.4, -0.2) is 12.2 Å². The molecule has 14 heavy (non-hydrogen) atoms. The number of hydrogen-bond acceptors (Lipinski definition) is 2. The van der Waals surface area contributed by atoms with Crippen molar-refractivity contribution in [2.75, 3.05) is 0 Å². The lowest BCUT2D eigenvalue weighted by Gasteiger charge is -2.02. The molecule has 0 aliphatic rings. The Kier molecular flexibility index (Phi) is 3.64. The van der Waals surface area contributed by atoms with Gasteiger partial charge in [0.05, 0.1) is 6.21 Å². The highest BCUT2D eigenvalue weighted by molar-refractivity contribution is 9.10. The summed E-state index contributed by atoms with van der Waals surface area (Å²) in [6, 6.07) is 5.87. The van der Waals surface area contributed by atoms with Gasteiger partial charge in [0.15, 0.2) is 0 Å². The maximum atomic E-state index is 6.91. The van der Waals surface area contributed by atoms with Crippen LogP contribution >= 0.6 is 15.9 Å². The van der Waals surface area contributed by atoms with Crippen molar-refractivity contribution in [2.45, 2.75) is 6.92 Å². The number of guanidine groups is 1. The van der Waals surface area contributed by atoms with Gasteiger partial charge < -0.3 is 5.73 Å². The molecular weight excluding hydrogens is 244 g/mol. The topological polar surface area (TPSA) is 74.3 Å². The zero-order valence-corrected chi connectivity index (χ0v) is 9.30. The monoisotopic (exact) mass is 254 g/mol. The molecule has 74 valence electrons. The lowest BCUT2D eigenvalue weighted by Crippen LogP contribution is -2.25. The molecule has 0 aromatic heterocycles. The Bertz CT molecular complexity index is 353. The first-order valence-electron chi connectivity index (χ1n) is 3.99. The van der Waals surface area contributed by atoms with Crippen LogP contribution in [0.5, 0.6) is 0 Å². The summed E-state index contributed by atoms with van der Waals surface area (Å²) in [5.74, 6) is -0.175. The summed E-state index contributed by atoms with van der Waals surface area (Å²) in [4.78, 5) is 0. The maximum Gasteiger partial charge on any atom is 0.206 e. The minimum atomic E-state index is -0.175. The quantitative estimate of drug-likeness (QED) is 0.426. The molecule has 0 fully saturated rings. The first-order chi connectivity index (χ1) is 6.61. The van der Waals surface area contributed by atoms with Crippen LogP contribution in [-0.2, 0) is 0 Å². The van der Waals surface area contributed by atoms with Gasteiger partial charge in [0.25, 0.3) is 0 Å². The van der Waals surface area contributed by atoms with E-state index in [0.29, 0.717) is 0 Å². The third-order valence-electron chi connectivity index (χ3n) is 1.65. The van der Waals surface area contributed by atoms with Gasteiger partial charge in [-0.1, -0.05) is 28.1 Å². The third kappa shape index (κ3) is 2.85. The van der Waals surface area contributed by atoms with E-state index in [4.69, 9.17) is 11.1 Å². The number of halogens is 1. The predicted octanol–water partition coefficient (Wildman–Crippen LogP) is 1.57. The number of nitrogens with two attached hydrogens (primary N) is 1. The minimum absolute atomic E-state index is 0.175. The number of nitrogens with one attached hydrogen (secondary N) is 2. The molecule has 0 bridgehead atoms. The molecule has 1 aromatic rings. The van der Waals surface area contributed by atoms with Crippen LogP contribution in [0.15, 0.2) is 27.8 Å². The number of nitrogens with zero attached hydrogens (tertiary/aromatic N) is 1. The second-order valence-corrected chi connectivity index (χ2v) is 3.61. The molecule has 0 saturated carbocycles. The van der Waals surface area contributed by atoms with Crippen molar-refractivity contribution in [1.29, 1.82) is 5.41 Å². The normalized spacial score (nSPS) is 10.4. The minimum Gasteiger partial charge on any atom is -0.369 e. The molecule has 0 amide bonds. The molecule has 1 aromatic carbocycles. The smallest absolute Gasteiger partial charge is 0.206 e. The molecule has 4 N–H and O–H groups in total. The van der Waals surface area contributed by atoms with E-state index in [0.717, 1.165) is 15.6 Å². The lowest BCUT2D eigenvalue weighted by atomic mass is 10.1. The molecule has 0 aliphatic carbocycles. The van der Waals surface area contributed by atoms with Gasteiger partial charge in [-0.05, 0) is 18.6 Å². The molecule has 1 rings (SSSR count). The summed E-state index contributed by atoms with van der Waals surface area (Å²) in [7, 11) is 0. The molecule has 5 heteroatoms. The SMILES string of the molecule is Cc1cccc(Br)c1/C=N/NC(=N)N. The second-order valence-electron chi connectivity index (χ2n) is 2.75. The fourth-order valence-corrected chi connectivity index (χ4v) is 1.54. The number of benzene rings is 1. The summed E-state index contributed by atoms with van der Waals surface area (Å²) in [6.45, 7) is 1.99. The first kappa shape index (κ1) is 10.7. The van der Waals surface area contributed by atoms with E-state index in [-0.39, 0.29) is 5.96 Å². The molecule has 0 heterocycles. The van der Waals surface area contributed by atoms with Crippen molar-refractivity contribution in [3.63, 3.8) is 0 Å². The third-order valence-corrected chi connectivity index (χ3v) is 2.34. The summed E-state index contributed by atoms with van der Waals surface area (Å²) < 4.78 is 0.964. The summed E-state index contributed by atoms with van der Waals surface area (Å²) in [5.41, 5.74) is 9.52. The van der Waals surface area contributed by atoms with Gasteiger partial charge in [-0.3, -0.25) is 5.41 Å². The molecule has 0 radical (unpaired) electrons. The van der Waals surface area contributed by atoms with Gasteiger partial charge in [0.2, 0.25) is 5.96 Å². The van der Waals surface area contributed by atoms with E-state index < -0.39 is 0 Å². The van der Waals surface area contributed by atoms with Crippen LogP contribution in [0.1, 0.15) is 11.1 Å². The van der Waals surface area contributed by atoms with Crippen LogP contribution in [0.25, 0.3) is 0 Å². The van der Waals surface area contributed by atoms with Crippen molar-refractivity contribution in [1.82, 2.24) is 5.43 Å². The fraction of sp³-hybridized carbons (Fsp3) is 0.111. The van der Waals surface area contributed by atoms with Crippen LogP contribution in [0, 0.1) is 12.3 Å². The van der Waals surface area contributed by atoms with Crippen molar-refractivity contribution in [3.8, 4) is 0 Å². The Morgan fingerprint density at radius 1 is 1.64 bits per heavy atom. The molecule has 0 unspecified atom stereocenters. The highest BCUT2D eigenvalue weighted by Crippen LogP contribution is 2.17. The van der Waals surface area contributed by atoms with Gasteiger partial charge in [-0.25, -0.2) is 5.43 Å². The lowest BCUT2D eigenvalue weighted by molar-refractivity contribution is 1.00. The standard InChI is InChI=1S/C9H11BrN4/c1-6-3-2-4-8(10)7(6)5-13-14-9(11)12/h2-5H,1H3,(H4,11,12,14)/b13-5+. The number of hydrogen-bond donors (Lipinski definition) is 3. The van der Waals surface area contributed by atoms with E-state index in [1.165, 1.54) is 0 Å². The first-order valence-corrected chi connectivity index (χ1v) is 4.79. The molecule has 0 spiro atoms. The Morgan fingerprint density at radius 3 is 2.93 bits per heavy atom. The van der Waals surface area contributed by atoms with Crippen molar-refractivity contribution in [3.05, 3.63) is 33.8 Å². The summed E-state index contributed by atoms with van der Waals surface area (Å²) in [5, 5.41) is 10.7. The number of hydrazone groups is 1. The van der Waals surface area contributed by atoms with E-state index >= 15 is 0 Å². The van der Waals surface area contributed by atoms with E-state index in [1.54, 1.807) is 6.21 Å². The van der Waals surface area contributed by atoms with E-state index in [1.807, 2.05) is 25.1 Å². The Labute approximate surface area is 90.8 Å². The zero-order valence-electron chi connectivity index (χ0n) is 7.71. The molecule has 4 nitrogen and oxygen atoms in total. The zero-order chi connectivity index (χ0) is 10.6. The van der Waals surface area contributed by atoms with Gasteiger partial charge in [0.1, 0.15) is 0 Å². The molecular formula is C9H11BrN4. The fourth-order valence-electron chi connectivity index (χ4n) is 0.975. The highest BCUT2D eigenvalue weighted by atomic mass is 79.9. The molecule has 0 saturated heterocycles. The van der Waals surface area contributed by atoms with Crippen LogP contribution < -0.4 is 11.2 Å². The molecule has 0 atom stereocenters. The van der Waals surface area contributed by atoms with Gasteiger partial charge in [-0.2, -0.15) is 5.10 Å². The second kappa shape index (κ2) is 4.76. The van der Waals surface area contributed by atoms with Gasteiger partial charge in [0, 0.05) is 10.0 Å². The average Bonchev–Trinajstić information content (AvgIpc) is 2.09. The van der Waals surface area contributed by atoms with Gasteiger partial charge >= 0.3 is 0 Å². The van der Waals surface area contributed by atoms with Crippen molar-refractivity contribution < 1.29 is 0 Å². The molecule has 0 aliphatic heterocycles. The van der Waals surface area contributed by atoms with Crippen LogP contribution in [0.3, 0.4) is 0 Å². The van der Waals surface area contributed by atoms with E-state index in [2.05, 4.69) is 26.5 Å². The summed E-state index contributed by atoms with van der Waals surface area (Å²) >= 11 is 3.41. The van der Waals surface area contributed by atoms with Crippen molar-refractivity contribution in [2.24, 2.45) is 10.8 Å². The average molecular weight is 255 g/mol. The van der Waals surface area contributed by atoms with Crippen molar-refractivity contribution >= 4 is 28.1 Å². The highest BCUT2D eigenvalue weighted by Gasteiger charge is 1.98. The van der Waals surface area contributed by atoms with Crippen LogP contribution in [0.4, 0.5) is 0 Å². The van der Waals surface area contributed by atoms with Gasteiger partial charge in [-0.15, -0.1) is 0 Å². The van der Waals surface area contributed by atoms with Crippen LogP contribution in [0.2, 0.25) is 0 Å². The Morgan fingerprint density at radius 2 is 2.36 bits per heavy atom. The predicted molar refractivity (Wildman–Crippen MR) is 61.5 cm³/mol. The Balaban J connectivity index is 2.85. The number of aryl methyl sites for hydroxylation is 1. The maximum absolute atomic E-state index is 6.91. The van der Waals surface area contributed by atoms with E-state index in [9.17, 15) is 0 Å². The summed E-state index contributed by atoms with van der Waals surface area (Å²) in [6.07, 6.45) is 1.63. The number of rotatable bonds is 2.